The summed E-state index contributed by atoms with van der Waals surface area (Å²) in [5.41, 5.74) is 7.02. The molecule has 1 aliphatic heterocycles. The van der Waals surface area contributed by atoms with Crippen molar-refractivity contribution < 1.29 is 9.47 Å². The van der Waals surface area contributed by atoms with Gasteiger partial charge < -0.3 is 15.2 Å². The van der Waals surface area contributed by atoms with Crippen LogP contribution in [0.2, 0.25) is 0 Å². The minimum atomic E-state index is -0.0704. The van der Waals surface area contributed by atoms with Crippen LogP contribution in [-0.4, -0.2) is 13.3 Å². The molecule has 0 saturated carbocycles. The summed E-state index contributed by atoms with van der Waals surface area (Å²) in [6, 6.07) is 6.02. The molecular formula is C13H19NO2. The molecule has 16 heavy (non-hydrogen) atoms. The van der Waals surface area contributed by atoms with Crippen molar-refractivity contribution in [1.29, 1.82) is 0 Å². The van der Waals surface area contributed by atoms with Gasteiger partial charge in [-0.25, -0.2) is 0 Å². The molecule has 1 atom stereocenters. The van der Waals surface area contributed by atoms with E-state index in [-0.39, 0.29) is 5.41 Å². The first-order chi connectivity index (χ1) is 7.59. The lowest BCUT2D eigenvalue weighted by Crippen LogP contribution is -2.37. The van der Waals surface area contributed by atoms with E-state index >= 15 is 0 Å². The van der Waals surface area contributed by atoms with Crippen LogP contribution in [0.4, 0.5) is 0 Å². The highest BCUT2D eigenvalue weighted by Crippen LogP contribution is 2.43. The molecule has 0 saturated heterocycles. The molecule has 2 N–H and O–H groups in total. The van der Waals surface area contributed by atoms with Crippen LogP contribution in [0.5, 0.6) is 11.5 Å². The van der Waals surface area contributed by atoms with Gasteiger partial charge in [-0.1, -0.05) is 32.9 Å². The van der Waals surface area contributed by atoms with E-state index in [4.69, 9.17) is 15.2 Å². The number of rotatable bonds is 3. The van der Waals surface area contributed by atoms with E-state index in [1.807, 2.05) is 12.1 Å². The number of nitrogens with two attached hydrogens (primary N) is 1. The highest BCUT2D eigenvalue weighted by molar-refractivity contribution is 5.51. The molecule has 1 aliphatic rings. The van der Waals surface area contributed by atoms with Crippen LogP contribution in [-0.2, 0) is 5.41 Å². The largest absolute Gasteiger partial charge is 0.454 e. The van der Waals surface area contributed by atoms with Crippen LogP contribution in [0, 0.1) is 5.92 Å². The fraction of sp³-hybridized carbons (Fsp3) is 0.538. The van der Waals surface area contributed by atoms with E-state index < -0.39 is 0 Å². The predicted molar refractivity (Wildman–Crippen MR) is 63.8 cm³/mol. The van der Waals surface area contributed by atoms with Crippen molar-refractivity contribution in [3.63, 3.8) is 0 Å². The van der Waals surface area contributed by atoms with Gasteiger partial charge in [0.1, 0.15) is 0 Å². The monoisotopic (exact) mass is 221 g/mol. The normalized spacial score (nSPS) is 17.6. The molecule has 88 valence electrons. The molecule has 3 heteroatoms. The van der Waals surface area contributed by atoms with Gasteiger partial charge in [-0.05, 0) is 12.0 Å². The molecule has 3 nitrogen and oxygen atoms in total. The smallest absolute Gasteiger partial charge is 0.231 e. The van der Waals surface area contributed by atoms with E-state index in [1.165, 1.54) is 0 Å². The molecule has 1 heterocycles. The Hall–Kier alpha value is -1.22. The predicted octanol–water partition coefficient (Wildman–Crippen LogP) is 2.29. The van der Waals surface area contributed by atoms with Gasteiger partial charge in [0.2, 0.25) is 6.79 Å². The number of hydrogen-bond acceptors (Lipinski definition) is 3. The topological polar surface area (TPSA) is 44.5 Å². The van der Waals surface area contributed by atoms with Gasteiger partial charge in [0, 0.05) is 17.5 Å². The Balaban J connectivity index is 2.51. The zero-order chi connectivity index (χ0) is 11.8. The number of fused-ring (bicyclic) bond motifs is 1. The van der Waals surface area contributed by atoms with Crippen molar-refractivity contribution in [3.05, 3.63) is 23.8 Å². The standard InChI is InChI=1S/C13H19NO2/c1-9(2)13(3,7-14)10-5-4-6-11-12(10)16-8-15-11/h4-6,9H,7-8,14H2,1-3H3. The molecule has 0 radical (unpaired) electrons. The van der Waals surface area contributed by atoms with Crippen LogP contribution < -0.4 is 15.2 Å². The van der Waals surface area contributed by atoms with Crippen LogP contribution in [0.1, 0.15) is 26.3 Å². The third kappa shape index (κ3) is 1.55. The summed E-state index contributed by atoms with van der Waals surface area (Å²) < 4.78 is 10.9. The summed E-state index contributed by atoms with van der Waals surface area (Å²) in [4.78, 5) is 0. The zero-order valence-electron chi connectivity index (χ0n) is 10.1. The Morgan fingerprint density at radius 1 is 1.38 bits per heavy atom. The minimum Gasteiger partial charge on any atom is -0.454 e. The Kier molecular flexibility index (Phi) is 2.80. The summed E-state index contributed by atoms with van der Waals surface area (Å²) >= 11 is 0. The first kappa shape index (κ1) is 11.3. The van der Waals surface area contributed by atoms with E-state index in [1.54, 1.807) is 0 Å². The van der Waals surface area contributed by atoms with E-state index in [0.717, 1.165) is 17.1 Å². The molecule has 1 aromatic carbocycles. The molecule has 0 amide bonds. The molecular weight excluding hydrogens is 202 g/mol. The number of ether oxygens (including phenoxy) is 2. The zero-order valence-corrected chi connectivity index (χ0v) is 10.1. The fourth-order valence-electron chi connectivity index (χ4n) is 2.04. The molecule has 2 rings (SSSR count). The maximum Gasteiger partial charge on any atom is 0.231 e. The highest BCUT2D eigenvalue weighted by Gasteiger charge is 2.34. The van der Waals surface area contributed by atoms with Gasteiger partial charge in [0.15, 0.2) is 11.5 Å². The van der Waals surface area contributed by atoms with Crippen LogP contribution in [0.15, 0.2) is 18.2 Å². The Labute approximate surface area is 96.5 Å². The van der Waals surface area contributed by atoms with Crippen molar-refractivity contribution >= 4 is 0 Å². The summed E-state index contributed by atoms with van der Waals surface area (Å²) in [6.45, 7) is 7.45. The van der Waals surface area contributed by atoms with Crippen LogP contribution >= 0.6 is 0 Å². The van der Waals surface area contributed by atoms with Crippen molar-refractivity contribution in [3.8, 4) is 11.5 Å². The molecule has 0 spiro atoms. The van der Waals surface area contributed by atoms with Crippen molar-refractivity contribution in [2.24, 2.45) is 11.7 Å². The van der Waals surface area contributed by atoms with Gasteiger partial charge in [-0.3, -0.25) is 0 Å². The van der Waals surface area contributed by atoms with Gasteiger partial charge in [0.25, 0.3) is 0 Å². The second-order valence-electron chi connectivity index (χ2n) is 4.82. The summed E-state index contributed by atoms with van der Waals surface area (Å²) in [5, 5.41) is 0. The number of para-hydroxylation sites is 1. The van der Waals surface area contributed by atoms with E-state index in [2.05, 4.69) is 26.8 Å². The molecule has 0 fully saturated rings. The second-order valence-corrected chi connectivity index (χ2v) is 4.82. The van der Waals surface area contributed by atoms with Gasteiger partial charge in [0.05, 0.1) is 0 Å². The van der Waals surface area contributed by atoms with Gasteiger partial charge in [-0.2, -0.15) is 0 Å². The second kappa shape index (κ2) is 3.98. The lowest BCUT2D eigenvalue weighted by molar-refractivity contribution is 0.171. The average molecular weight is 221 g/mol. The maximum absolute atomic E-state index is 5.94. The van der Waals surface area contributed by atoms with Crippen molar-refractivity contribution in [2.45, 2.75) is 26.2 Å². The van der Waals surface area contributed by atoms with Crippen LogP contribution in [0.3, 0.4) is 0 Å². The fourth-order valence-corrected chi connectivity index (χ4v) is 2.04. The Morgan fingerprint density at radius 3 is 2.75 bits per heavy atom. The Bertz CT molecular complexity index is 390. The third-order valence-electron chi connectivity index (χ3n) is 3.71. The molecule has 1 aromatic rings. The van der Waals surface area contributed by atoms with Crippen LogP contribution in [0.25, 0.3) is 0 Å². The van der Waals surface area contributed by atoms with Crippen molar-refractivity contribution in [2.75, 3.05) is 13.3 Å². The first-order valence-corrected chi connectivity index (χ1v) is 5.68. The maximum atomic E-state index is 5.94. The van der Waals surface area contributed by atoms with Gasteiger partial charge in [-0.15, -0.1) is 0 Å². The van der Waals surface area contributed by atoms with Crippen molar-refractivity contribution in [1.82, 2.24) is 0 Å². The lowest BCUT2D eigenvalue weighted by Gasteiger charge is -2.33. The summed E-state index contributed by atoms with van der Waals surface area (Å²) in [7, 11) is 0. The minimum absolute atomic E-state index is 0.0704. The van der Waals surface area contributed by atoms with E-state index in [0.29, 0.717) is 19.3 Å². The number of benzene rings is 1. The number of hydrogen-bond donors (Lipinski definition) is 1. The van der Waals surface area contributed by atoms with Gasteiger partial charge >= 0.3 is 0 Å². The molecule has 0 aromatic heterocycles. The molecule has 0 bridgehead atoms. The quantitative estimate of drug-likeness (QED) is 0.851. The highest BCUT2D eigenvalue weighted by atomic mass is 16.7. The van der Waals surface area contributed by atoms with E-state index in [9.17, 15) is 0 Å². The lowest BCUT2D eigenvalue weighted by atomic mass is 9.73. The summed E-state index contributed by atoms with van der Waals surface area (Å²) in [5.74, 6) is 2.15. The first-order valence-electron chi connectivity index (χ1n) is 5.68. The molecule has 1 unspecified atom stereocenters. The SMILES string of the molecule is CC(C)C(C)(CN)c1cccc2c1OCO2. The third-order valence-corrected chi connectivity index (χ3v) is 3.71. The summed E-state index contributed by atoms with van der Waals surface area (Å²) in [6.07, 6.45) is 0. The average Bonchev–Trinajstić information content (AvgIpc) is 2.75. The Morgan fingerprint density at radius 2 is 2.12 bits per heavy atom. The molecule has 0 aliphatic carbocycles.